The Morgan fingerprint density at radius 3 is 2.79 bits per heavy atom. The molecule has 0 aromatic carbocycles. The van der Waals surface area contributed by atoms with Crippen LogP contribution in [0, 0.1) is 13.8 Å². The van der Waals surface area contributed by atoms with Crippen LogP contribution in [0.15, 0.2) is 4.52 Å². The molecule has 148 valence electrons. The van der Waals surface area contributed by atoms with E-state index >= 15 is 0 Å². The number of aromatic nitrogens is 2. The van der Waals surface area contributed by atoms with Crippen LogP contribution in [-0.4, -0.2) is 38.7 Å². The summed E-state index contributed by atoms with van der Waals surface area (Å²) in [6, 6.07) is -1.06. The second kappa shape index (κ2) is 8.83. The van der Waals surface area contributed by atoms with Gasteiger partial charge in [-0.25, -0.2) is 4.98 Å². The van der Waals surface area contributed by atoms with Gasteiger partial charge < -0.3 is 9.84 Å². The number of nitrogens with zero attached hydrogens (tertiary/aromatic N) is 2. The van der Waals surface area contributed by atoms with Gasteiger partial charge in [0, 0.05) is 5.56 Å². The molecule has 0 bridgehead atoms. The smallest absolute Gasteiger partial charge is 0.264 e. The largest absolute Gasteiger partial charge is 0.361 e. The van der Waals surface area contributed by atoms with Crippen LogP contribution in [-0.2, 0) is 16.0 Å². The molecule has 3 heterocycles. The molecule has 7 nitrogen and oxygen atoms in total. The van der Waals surface area contributed by atoms with E-state index in [0.29, 0.717) is 15.6 Å². The number of Topliss-reactive ketones (excluding diaryl/α,β-unsaturated/α-hetero) is 1. The van der Waals surface area contributed by atoms with Crippen LogP contribution < -0.4 is 5.32 Å². The molecule has 9 heteroatoms. The van der Waals surface area contributed by atoms with Crippen molar-refractivity contribution in [3.8, 4) is 0 Å². The number of hydrogen-bond donors (Lipinski definition) is 1. The molecule has 1 fully saturated rings. The topological polar surface area (TPSA) is 102 Å². The van der Waals surface area contributed by atoms with E-state index in [2.05, 4.69) is 22.4 Å². The van der Waals surface area contributed by atoms with E-state index in [0.717, 1.165) is 48.0 Å². The number of carbonyl (C=O) groups is 3. The van der Waals surface area contributed by atoms with Gasteiger partial charge in [-0.3, -0.25) is 14.4 Å². The molecule has 1 saturated heterocycles. The number of carbonyl (C=O) groups excluding carboxylic acids is 3. The maximum atomic E-state index is 12.5. The van der Waals surface area contributed by atoms with Crippen LogP contribution in [0.1, 0.15) is 57.2 Å². The molecule has 2 aromatic rings. The van der Waals surface area contributed by atoms with Gasteiger partial charge in [0.1, 0.15) is 15.6 Å². The average Bonchev–Trinajstić information content (AvgIpc) is 3.31. The van der Waals surface area contributed by atoms with Gasteiger partial charge in [-0.15, -0.1) is 11.3 Å². The molecule has 1 N–H and O–H groups in total. The Hall–Kier alpha value is -2.26. The minimum absolute atomic E-state index is 0.109. The molecular formula is C19H21N3O4S2. The van der Waals surface area contributed by atoms with Crippen molar-refractivity contribution in [3.63, 3.8) is 0 Å². The number of hydrogen-bond acceptors (Lipinski definition) is 8. The van der Waals surface area contributed by atoms with Crippen molar-refractivity contribution < 1.29 is 18.9 Å². The van der Waals surface area contributed by atoms with Crippen molar-refractivity contribution in [3.05, 3.63) is 32.6 Å². The first kappa shape index (κ1) is 20.5. The highest BCUT2D eigenvalue weighted by Crippen LogP contribution is 2.24. The van der Waals surface area contributed by atoms with Crippen LogP contribution >= 0.6 is 23.1 Å². The fourth-order valence-corrected chi connectivity index (χ4v) is 4.47. The predicted molar refractivity (Wildman–Crippen MR) is 109 cm³/mol. The highest BCUT2D eigenvalue weighted by molar-refractivity contribution is 8.15. The molecule has 0 aliphatic carbocycles. The van der Waals surface area contributed by atoms with Gasteiger partial charge in [0.25, 0.3) is 5.91 Å². The lowest BCUT2D eigenvalue weighted by molar-refractivity contribution is -0.122. The van der Waals surface area contributed by atoms with Crippen molar-refractivity contribution in [1.82, 2.24) is 15.5 Å². The van der Waals surface area contributed by atoms with Gasteiger partial charge in [-0.2, -0.15) is 0 Å². The summed E-state index contributed by atoms with van der Waals surface area (Å²) in [7, 11) is 0. The lowest BCUT2D eigenvalue weighted by Gasteiger charge is -2.07. The minimum atomic E-state index is -1.06. The number of amides is 1. The Bertz CT molecular complexity index is 929. The second-order valence-corrected chi connectivity index (χ2v) is 8.49. The lowest BCUT2D eigenvalue weighted by Crippen LogP contribution is -2.42. The standard InChI is InChI=1S/C19H21N3O4S2/c1-4-5-6-13-12(11(3)26-22-13)7-8-15-20-10(2)17(28-15)18(24)21-16-14(23)9-27-19(16)25/h7-8,16H,4-6,9H2,1-3H3,(H,21,24)/b8-7+. The molecule has 1 aliphatic heterocycles. The van der Waals surface area contributed by atoms with Crippen molar-refractivity contribution in [2.75, 3.05) is 5.75 Å². The molecule has 3 rings (SSSR count). The first-order valence-corrected chi connectivity index (χ1v) is 10.8. The predicted octanol–water partition coefficient (Wildman–Crippen LogP) is 3.20. The zero-order chi connectivity index (χ0) is 20.3. The van der Waals surface area contributed by atoms with Gasteiger partial charge in [-0.1, -0.05) is 30.3 Å². The number of aryl methyl sites for hydroxylation is 3. The average molecular weight is 420 g/mol. The SMILES string of the molecule is CCCCc1noc(C)c1/C=C/c1nc(C)c(C(=O)NC2C(=O)CSC2=O)s1. The fraction of sp³-hybridized carbons (Fsp3) is 0.421. The quantitative estimate of drug-likeness (QED) is 0.688. The van der Waals surface area contributed by atoms with E-state index in [4.69, 9.17) is 4.52 Å². The highest BCUT2D eigenvalue weighted by Gasteiger charge is 2.35. The Morgan fingerprint density at radius 1 is 1.32 bits per heavy atom. The molecule has 0 saturated carbocycles. The summed E-state index contributed by atoms with van der Waals surface area (Å²) in [5.74, 6) is 0.129. The summed E-state index contributed by atoms with van der Waals surface area (Å²) in [6.07, 6.45) is 6.68. The van der Waals surface area contributed by atoms with Crippen molar-refractivity contribution in [1.29, 1.82) is 0 Å². The first-order chi connectivity index (χ1) is 13.4. The zero-order valence-corrected chi connectivity index (χ0v) is 17.5. The second-order valence-electron chi connectivity index (χ2n) is 6.48. The van der Waals surface area contributed by atoms with Crippen LogP contribution in [0.2, 0.25) is 0 Å². The third-order valence-corrected chi connectivity index (χ3v) is 6.42. The molecule has 1 aliphatic rings. The third-order valence-electron chi connectivity index (χ3n) is 4.35. The van der Waals surface area contributed by atoms with E-state index in [-0.39, 0.29) is 16.7 Å². The molecule has 1 atom stereocenters. The normalized spacial score (nSPS) is 17.0. The van der Waals surface area contributed by atoms with Gasteiger partial charge in [0.2, 0.25) is 5.12 Å². The van der Waals surface area contributed by atoms with Crippen LogP contribution in [0.4, 0.5) is 0 Å². The summed E-state index contributed by atoms with van der Waals surface area (Å²) >= 11 is 2.15. The minimum Gasteiger partial charge on any atom is -0.361 e. The maximum Gasteiger partial charge on any atom is 0.264 e. The van der Waals surface area contributed by atoms with Gasteiger partial charge in [0.05, 0.1) is 17.1 Å². The van der Waals surface area contributed by atoms with E-state index in [1.807, 2.05) is 19.1 Å². The van der Waals surface area contributed by atoms with E-state index in [1.54, 1.807) is 6.92 Å². The summed E-state index contributed by atoms with van der Waals surface area (Å²) in [5.41, 5.74) is 2.41. The molecule has 0 radical (unpaired) electrons. The van der Waals surface area contributed by atoms with Crippen LogP contribution in [0.3, 0.4) is 0 Å². The molecule has 2 aromatic heterocycles. The van der Waals surface area contributed by atoms with Gasteiger partial charge in [-0.05, 0) is 38.8 Å². The lowest BCUT2D eigenvalue weighted by atomic mass is 10.1. The molecule has 28 heavy (non-hydrogen) atoms. The van der Waals surface area contributed by atoms with E-state index in [1.165, 1.54) is 11.3 Å². The highest BCUT2D eigenvalue weighted by atomic mass is 32.2. The van der Waals surface area contributed by atoms with E-state index in [9.17, 15) is 14.4 Å². The number of unbranched alkanes of at least 4 members (excludes halogenated alkanes) is 1. The molecular weight excluding hydrogens is 398 g/mol. The fourth-order valence-electron chi connectivity index (χ4n) is 2.79. The summed E-state index contributed by atoms with van der Waals surface area (Å²) in [6.45, 7) is 5.72. The Labute approximate surface area is 171 Å². The number of rotatable bonds is 7. The summed E-state index contributed by atoms with van der Waals surface area (Å²) in [4.78, 5) is 40.7. The number of nitrogens with one attached hydrogen (secondary N) is 1. The Balaban J connectivity index is 1.75. The molecule has 0 spiro atoms. The Morgan fingerprint density at radius 2 is 2.11 bits per heavy atom. The van der Waals surface area contributed by atoms with Crippen LogP contribution in [0.5, 0.6) is 0 Å². The third kappa shape index (κ3) is 4.41. The number of ketones is 1. The summed E-state index contributed by atoms with van der Waals surface area (Å²) < 4.78 is 5.29. The van der Waals surface area contributed by atoms with Gasteiger partial charge >= 0.3 is 0 Å². The maximum absolute atomic E-state index is 12.5. The monoisotopic (exact) mass is 419 g/mol. The number of thiazole rings is 1. The van der Waals surface area contributed by atoms with Crippen molar-refractivity contribution >= 4 is 52.1 Å². The van der Waals surface area contributed by atoms with Crippen molar-refractivity contribution in [2.45, 2.75) is 46.1 Å². The first-order valence-electron chi connectivity index (χ1n) is 9.01. The van der Waals surface area contributed by atoms with Crippen molar-refractivity contribution in [2.24, 2.45) is 0 Å². The van der Waals surface area contributed by atoms with Gasteiger partial charge in [0.15, 0.2) is 11.8 Å². The Kier molecular flexibility index (Phi) is 6.46. The van der Waals surface area contributed by atoms with Crippen LogP contribution in [0.25, 0.3) is 12.2 Å². The zero-order valence-electron chi connectivity index (χ0n) is 15.9. The molecule has 1 amide bonds. The summed E-state index contributed by atoms with van der Waals surface area (Å²) in [5, 5.41) is 6.98. The van der Waals surface area contributed by atoms with E-state index < -0.39 is 11.9 Å². The molecule has 1 unspecified atom stereocenters. The number of thioether (sulfide) groups is 1.